The molecule has 1 atom stereocenters. The van der Waals surface area contributed by atoms with Crippen LogP contribution in [0.25, 0.3) is 5.69 Å². The molecule has 0 fully saturated rings. The molecule has 0 aliphatic rings. The van der Waals surface area contributed by atoms with Crippen molar-refractivity contribution in [2.45, 2.75) is 53.2 Å². The Hall–Kier alpha value is -2.63. The third-order valence-electron chi connectivity index (χ3n) is 5.24. The SMILES string of the molecule is CCCN(Cc1c(C)nn(-c2ccccc2)c1Oc1ccc(C)cc1)C[C@@H](O)CC. The summed E-state index contributed by atoms with van der Waals surface area (Å²) in [6.45, 7) is 10.5. The maximum absolute atomic E-state index is 10.2. The van der Waals surface area contributed by atoms with Crippen LogP contribution in [0.1, 0.15) is 43.5 Å². The van der Waals surface area contributed by atoms with E-state index in [0.29, 0.717) is 13.1 Å². The van der Waals surface area contributed by atoms with Gasteiger partial charge in [-0.2, -0.15) is 5.10 Å². The van der Waals surface area contributed by atoms with Crippen LogP contribution in [0.15, 0.2) is 54.6 Å². The summed E-state index contributed by atoms with van der Waals surface area (Å²) in [5, 5.41) is 15.0. The Balaban J connectivity index is 2.00. The highest BCUT2D eigenvalue weighted by atomic mass is 16.5. The van der Waals surface area contributed by atoms with Gasteiger partial charge in [-0.15, -0.1) is 0 Å². The molecule has 5 nitrogen and oxygen atoms in total. The van der Waals surface area contributed by atoms with Gasteiger partial charge in [-0.3, -0.25) is 4.90 Å². The lowest BCUT2D eigenvalue weighted by atomic mass is 10.2. The van der Waals surface area contributed by atoms with Crippen LogP contribution in [-0.2, 0) is 6.54 Å². The minimum atomic E-state index is -0.331. The average Bonchev–Trinajstić information content (AvgIpc) is 3.05. The van der Waals surface area contributed by atoms with Gasteiger partial charge >= 0.3 is 0 Å². The zero-order valence-corrected chi connectivity index (χ0v) is 18.5. The number of ether oxygens (including phenoxy) is 1. The van der Waals surface area contributed by atoms with Crippen molar-refractivity contribution in [3.8, 4) is 17.3 Å². The first-order valence-corrected chi connectivity index (χ1v) is 10.8. The summed E-state index contributed by atoms with van der Waals surface area (Å²) in [4.78, 5) is 2.29. The van der Waals surface area contributed by atoms with Crippen molar-refractivity contribution in [2.24, 2.45) is 0 Å². The summed E-state index contributed by atoms with van der Waals surface area (Å²) in [5.41, 5.74) is 4.15. The van der Waals surface area contributed by atoms with Crippen LogP contribution in [0.4, 0.5) is 0 Å². The Morgan fingerprint density at radius 1 is 1.03 bits per heavy atom. The summed E-state index contributed by atoms with van der Waals surface area (Å²) < 4.78 is 8.27. The number of aliphatic hydroxyl groups is 1. The van der Waals surface area contributed by atoms with Gasteiger partial charge < -0.3 is 9.84 Å². The second kappa shape index (κ2) is 10.4. The molecule has 30 heavy (non-hydrogen) atoms. The van der Waals surface area contributed by atoms with E-state index in [1.807, 2.05) is 73.1 Å². The second-order valence-electron chi connectivity index (χ2n) is 7.83. The molecule has 2 aromatic carbocycles. The van der Waals surface area contributed by atoms with Gasteiger partial charge in [0.15, 0.2) is 0 Å². The lowest BCUT2D eigenvalue weighted by Crippen LogP contribution is -2.32. The first kappa shape index (κ1) is 22.1. The number of rotatable bonds is 10. The fourth-order valence-electron chi connectivity index (χ4n) is 3.49. The molecular weight excluding hydrogens is 374 g/mol. The molecule has 0 saturated heterocycles. The predicted octanol–water partition coefficient (Wildman–Crippen LogP) is 5.26. The maximum atomic E-state index is 10.2. The molecule has 0 saturated carbocycles. The lowest BCUT2D eigenvalue weighted by molar-refractivity contribution is 0.105. The molecule has 0 unspecified atom stereocenters. The molecule has 0 spiro atoms. The molecule has 5 heteroatoms. The predicted molar refractivity (Wildman–Crippen MR) is 121 cm³/mol. The monoisotopic (exact) mass is 407 g/mol. The first-order chi connectivity index (χ1) is 14.5. The molecule has 0 radical (unpaired) electrons. The number of para-hydroxylation sites is 1. The lowest BCUT2D eigenvalue weighted by Gasteiger charge is -2.24. The van der Waals surface area contributed by atoms with Crippen LogP contribution in [0, 0.1) is 13.8 Å². The molecule has 160 valence electrons. The first-order valence-electron chi connectivity index (χ1n) is 10.8. The van der Waals surface area contributed by atoms with Gasteiger partial charge in [0.1, 0.15) is 5.75 Å². The van der Waals surface area contributed by atoms with Crippen LogP contribution < -0.4 is 4.74 Å². The van der Waals surface area contributed by atoms with Crippen LogP contribution >= 0.6 is 0 Å². The number of benzene rings is 2. The van der Waals surface area contributed by atoms with E-state index in [1.54, 1.807) is 0 Å². The van der Waals surface area contributed by atoms with Crippen LogP contribution in [0.2, 0.25) is 0 Å². The quantitative estimate of drug-likeness (QED) is 0.498. The highest BCUT2D eigenvalue weighted by Crippen LogP contribution is 2.32. The van der Waals surface area contributed by atoms with E-state index in [0.717, 1.165) is 48.0 Å². The number of nitrogens with zero attached hydrogens (tertiary/aromatic N) is 3. The van der Waals surface area contributed by atoms with Crippen molar-refractivity contribution >= 4 is 0 Å². The molecule has 0 aliphatic carbocycles. The topological polar surface area (TPSA) is 50.5 Å². The van der Waals surface area contributed by atoms with Gasteiger partial charge in [-0.25, -0.2) is 4.68 Å². The van der Waals surface area contributed by atoms with Crippen molar-refractivity contribution in [3.05, 3.63) is 71.4 Å². The Labute approximate surface area is 179 Å². The Kier molecular flexibility index (Phi) is 7.66. The number of hydrogen-bond donors (Lipinski definition) is 1. The molecule has 3 aromatic rings. The van der Waals surface area contributed by atoms with E-state index in [2.05, 4.69) is 18.7 Å². The van der Waals surface area contributed by atoms with Gasteiger partial charge in [-0.05, 0) is 57.5 Å². The van der Waals surface area contributed by atoms with Gasteiger partial charge in [0.2, 0.25) is 5.88 Å². The van der Waals surface area contributed by atoms with E-state index in [4.69, 9.17) is 9.84 Å². The minimum absolute atomic E-state index is 0.331. The van der Waals surface area contributed by atoms with Crippen LogP contribution in [-0.4, -0.2) is 39.0 Å². The van der Waals surface area contributed by atoms with Crippen molar-refractivity contribution < 1.29 is 9.84 Å². The maximum Gasteiger partial charge on any atom is 0.227 e. The second-order valence-corrected chi connectivity index (χ2v) is 7.83. The normalized spacial score (nSPS) is 12.3. The van der Waals surface area contributed by atoms with E-state index in [1.165, 1.54) is 5.56 Å². The van der Waals surface area contributed by atoms with Crippen molar-refractivity contribution in [2.75, 3.05) is 13.1 Å². The summed E-state index contributed by atoms with van der Waals surface area (Å²) in [7, 11) is 0. The number of aliphatic hydroxyl groups excluding tert-OH is 1. The number of aryl methyl sites for hydroxylation is 2. The van der Waals surface area contributed by atoms with Gasteiger partial charge in [0, 0.05) is 13.1 Å². The zero-order valence-electron chi connectivity index (χ0n) is 18.5. The van der Waals surface area contributed by atoms with Crippen LogP contribution in [0.5, 0.6) is 11.6 Å². The minimum Gasteiger partial charge on any atom is -0.439 e. The summed E-state index contributed by atoms with van der Waals surface area (Å²) in [6.07, 6.45) is 1.44. The van der Waals surface area contributed by atoms with Gasteiger partial charge in [0.25, 0.3) is 0 Å². The molecule has 3 rings (SSSR count). The average molecular weight is 408 g/mol. The molecule has 0 bridgehead atoms. The summed E-state index contributed by atoms with van der Waals surface area (Å²) >= 11 is 0. The molecule has 1 aromatic heterocycles. The highest BCUT2D eigenvalue weighted by molar-refractivity contribution is 5.43. The van der Waals surface area contributed by atoms with Gasteiger partial charge in [0.05, 0.1) is 23.0 Å². The molecule has 0 amide bonds. The molecular formula is C25H33N3O2. The summed E-state index contributed by atoms with van der Waals surface area (Å²) in [6, 6.07) is 18.1. The number of aromatic nitrogens is 2. The highest BCUT2D eigenvalue weighted by Gasteiger charge is 2.22. The largest absolute Gasteiger partial charge is 0.439 e. The Bertz CT molecular complexity index is 920. The standard InChI is InChI=1S/C25H33N3O2/c1-5-16-27(17-22(29)6-2)18-24-20(4)26-28(21-10-8-7-9-11-21)25(24)30-23-14-12-19(3)13-15-23/h7-15,22,29H,5-6,16-18H2,1-4H3/t22-/m0/s1. The molecule has 0 aliphatic heterocycles. The third-order valence-corrected chi connectivity index (χ3v) is 5.24. The number of hydrogen-bond acceptors (Lipinski definition) is 4. The fraction of sp³-hybridized carbons (Fsp3) is 0.400. The summed E-state index contributed by atoms with van der Waals surface area (Å²) in [5.74, 6) is 1.52. The fourth-order valence-corrected chi connectivity index (χ4v) is 3.49. The molecule has 1 heterocycles. The van der Waals surface area contributed by atoms with Crippen LogP contribution in [0.3, 0.4) is 0 Å². The zero-order chi connectivity index (χ0) is 21.5. The Morgan fingerprint density at radius 2 is 1.73 bits per heavy atom. The van der Waals surface area contributed by atoms with Crippen molar-refractivity contribution in [1.29, 1.82) is 0 Å². The van der Waals surface area contributed by atoms with E-state index in [-0.39, 0.29) is 6.10 Å². The van der Waals surface area contributed by atoms with E-state index in [9.17, 15) is 5.11 Å². The van der Waals surface area contributed by atoms with E-state index < -0.39 is 0 Å². The van der Waals surface area contributed by atoms with Crippen molar-refractivity contribution in [3.63, 3.8) is 0 Å². The van der Waals surface area contributed by atoms with Crippen molar-refractivity contribution in [1.82, 2.24) is 14.7 Å². The molecule has 1 N–H and O–H groups in total. The third kappa shape index (κ3) is 5.49. The smallest absolute Gasteiger partial charge is 0.227 e. The Morgan fingerprint density at radius 3 is 2.37 bits per heavy atom. The van der Waals surface area contributed by atoms with E-state index >= 15 is 0 Å². The van der Waals surface area contributed by atoms with Gasteiger partial charge in [-0.1, -0.05) is 49.7 Å².